The third-order valence-electron chi connectivity index (χ3n) is 6.88. The van der Waals surface area contributed by atoms with Crippen molar-refractivity contribution in [2.24, 2.45) is 0 Å². The van der Waals surface area contributed by atoms with Gasteiger partial charge in [0.05, 0.1) is 34.0 Å². The largest absolute Gasteiger partial charge is 0.462 e. The molecule has 2 heterocycles. The van der Waals surface area contributed by atoms with E-state index in [2.05, 4.69) is 5.32 Å². The maximum absolute atomic E-state index is 13.3. The van der Waals surface area contributed by atoms with Crippen molar-refractivity contribution in [2.45, 2.75) is 6.92 Å². The van der Waals surface area contributed by atoms with Crippen LogP contribution in [-0.4, -0.2) is 60.4 Å². The number of nitro benzene ring substituents is 1. The number of nitrogens with zero attached hydrogens (tertiary/aromatic N) is 3. The SMILES string of the molecule is CCOC(=O)c1ccc(N2CCN(C(=O)c3ccccc3)CC2)c(NC(=O)c2ccc(-c3ccccc3[N+](=O)[O-])o2)c1. The normalized spacial score (nSPS) is 13.0. The minimum atomic E-state index is -0.597. The second kappa shape index (κ2) is 12.4. The Morgan fingerprint density at radius 3 is 2.33 bits per heavy atom. The number of nitrogens with one attached hydrogen (secondary N) is 1. The summed E-state index contributed by atoms with van der Waals surface area (Å²) in [5.74, 6) is -1.07. The zero-order valence-corrected chi connectivity index (χ0v) is 22.8. The van der Waals surface area contributed by atoms with Gasteiger partial charge in [0.25, 0.3) is 17.5 Å². The summed E-state index contributed by atoms with van der Waals surface area (Å²) in [6.07, 6.45) is 0. The number of hydrogen-bond acceptors (Lipinski definition) is 8. The van der Waals surface area contributed by atoms with Gasteiger partial charge in [0.15, 0.2) is 5.76 Å². The second-order valence-corrected chi connectivity index (χ2v) is 9.49. The Kier molecular flexibility index (Phi) is 8.28. The highest BCUT2D eigenvalue weighted by Crippen LogP contribution is 2.33. The molecule has 2 amide bonds. The lowest BCUT2D eigenvalue weighted by molar-refractivity contribution is -0.384. The predicted octanol–water partition coefficient (Wildman–Crippen LogP) is 5.25. The van der Waals surface area contributed by atoms with Crippen LogP contribution in [0.1, 0.15) is 38.2 Å². The van der Waals surface area contributed by atoms with Gasteiger partial charge in [-0.15, -0.1) is 0 Å². The molecule has 5 rings (SSSR count). The summed E-state index contributed by atoms with van der Waals surface area (Å²) in [4.78, 5) is 53.4. The lowest BCUT2D eigenvalue weighted by atomic mass is 10.1. The molecule has 1 fully saturated rings. The first-order valence-corrected chi connectivity index (χ1v) is 13.4. The summed E-state index contributed by atoms with van der Waals surface area (Å²) in [5, 5.41) is 14.3. The molecule has 1 aliphatic rings. The van der Waals surface area contributed by atoms with Gasteiger partial charge >= 0.3 is 5.97 Å². The van der Waals surface area contributed by atoms with Crippen molar-refractivity contribution < 1.29 is 28.5 Å². The van der Waals surface area contributed by atoms with Gasteiger partial charge < -0.3 is 24.3 Å². The van der Waals surface area contributed by atoms with Crippen molar-refractivity contribution in [1.82, 2.24) is 4.90 Å². The molecule has 0 radical (unpaired) electrons. The fraction of sp³-hybridized carbons (Fsp3) is 0.194. The number of hydrogen-bond donors (Lipinski definition) is 1. The Labute approximate surface area is 241 Å². The number of rotatable bonds is 8. The molecule has 0 spiro atoms. The molecule has 1 saturated heterocycles. The predicted molar refractivity (Wildman–Crippen MR) is 156 cm³/mol. The van der Waals surface area contributed by atoms with Crippen LogP contribution >= 0.6 is 0 Å². The van der Waals surface area contributed by atoms with Crippen molar-refractivity contribution in [3.8, 4) is 11.3 Å². The van der Waals surface area contributed by atoms with E-state index in [1.807, 2.05) is 23.1 Å². The maximum atomic E-state index is 13.3. The summed E-state index contributed by atoms with van der Waals surface area (Å²) in [5.41, 5.74) is 2.00. The van der Waals surface area contributed by atoms with Crippen molar-refractivity contribution >= 4 is 34.8 Å². The van der Waals surface area contributed by atoms with Gasteiger partial charge in [-0.1, -0.05) is 30.3 Å². The molecule has 1 aromatic heterocycles. The van der Waals surface area contributed by atoms with Crippen molar-refractivity contribution in [3.63, 3.8) is 0 Å². The minimum Gasteiger partial charge on any atom is -0.462 e. The van der Waals surface area contributed by atoms with Crippen molar-refractivity contribution in [2.75, 3.05) is 43.0 Å². The number of furan rings is 1. The van der Waals surface area contributed by atoms with Crippen LogP contribution in [0.5, 0.6) is 0 Å². The van der Waals surface area contributed by atoms with Gasteiger partial charge in [-0.2, -0.15) is 0 Å². The number of carbonyl (C=O) groups excluding carboxylic acids is 3. The summed E-state index contributed by atoms with van der Waals surface area (Å²) < 4.78 is 10.9. The summed E-state index contributed by atoms with van der Waals surface area (Å²) in [6.45, 7) is 3.85. The van der Waals surface area contributed by atoms with Crippen LogP contribution in [0.2, 0.25) is 0 Å². The fourth-order valence-electron chi connectivity index (χ4n) is 4.80. The highest BCUT2D eigenvalue weighted by Gasteiger charge is 2.26. The monoisotopic (exact) mass is 568 g/mol. The number of piperazine rings is 1. The highest BCUT2D eigenvalue weighted by molar-refractivity contribution is 6.05. The highest BCUT2D eigenvalue weighted by atomic mass is 16.6. The van der Waals surface area contributed by atoms with Crippen LogP contribution in [0.3, 0.4) is 0 Å². The molecule has 3 aromatic carbocycles. The summed E-state index contributed by atoms with van der Waals surface area (Å²) >= 11 is 0. The number of ether oxygens (including phenoxy) is 1. The first kappa shape index (κ1) is 28.1. The van der Waals surface area contributed by atoms with Gasteiger partial charge in [0, 0.05) is 37.8 Å². The van der Waals surface area contributed by atoms with E-state index in [1.165, 1.54) is 18.2 Å². The maximum Gasteiger partial charge on any atom is 0.338 e. The molecule has 1 N–H and O–H groups in total. The number of benzene rings is 3. The quantitative estimate of drug-likeness (QED) is 0.173. The van der Waals surface area contributed by atoms with E-state index in [-0.39, 0.29) is 40.8 Å². The summed E-state index contributed by atoms with van der Waals surface area (Å²) in [6, 6.07) is 23.0. The lowest BCUT2D eigenvalue weighted by Gasteiger charge is -2.37. The topological polar surface area (TPSA) is 135 Å². The smallest absolute Gasteiger partial charge is 0.338 e. The van der Waals surface area contributed by atoms with E-state index in [4.69, 9.17) is 9.15 Å². The first-order valence-electron chi connectivity index (χ1n) is 13.4. The molecule has 0 unspecified atom stereocenters. The minimum absolute atomic E-state index is 0.0475. The third-order valence-corrected chi connectivity index (χ3v) is 6.88. The van der Waals surface area contributed by atoms with Crippen LogP contribution in [0.15, 0.2) is 89.3 Å². The Hall–Kier alpha value is -5.45. The Balaban J connectivity index is 1.37. The number of nitro groups is 1. The summed E-state index contributed by atoms with van der Waals surface area (Å²) in [7, 11) is 0. The molecule has 0 saturated carbocycles. The molecule has 1 aliphatic heterocycles. The van der Waals surface area contributed by atoms with E-state index in [0.29, 0.717) is 43.1 Å². The van der Waals surface area contributed by atoms with Crippen LogP contribution in [0, 0.1) is 10.1 Å². The van der Waals surface area contributed by atoms with Crippen molar-refractivity contribution in [1.29, 1.82) is 0 Å². The van der Waals surface area contributed by atoms with E-state index >= 15 is 0 Å². The van der Waals surface area contributed by atoms with Gasteiger partial charge in [0.2, 0.25) is 0 Å². The van der Waals surface area contributed by atoms with Gasteiger partial charge in [0.1, 0.15) is 5.76 Å². The zero-order chi connectivity index (χ0) is 29.6. The van der Waals surface area contributed by atoms with Crippen LogP contribution < -0.4 is 10.2 Å². The Bertz CT molecular complexity index is 1630. The number of carbonyl (C=O) groups is 3. The number of esters is 1. The number of amides is 2. The molecule has 0 atom stereocenters. The van der Waals surface area contributed by atoms with Gasteiger partial charge in [-0.3, -0.25) is 19.7 Å². The van der Waals surface area contributed by atoms with Crippen molar-refractivity contribution in [3.05, 3.63) is 112 Å². The first-order chi connectivity index (χ1) is 20.4. The molecule has 4 aromatic rings. The Morgan fingerprint density at radius 2 is 1.62 bits per heavy atom. The fourth-order valence-corrected chi connectivity index (χ4v) is 4.80. The Morgan fingerprint density at radius 1 is 0.905 bits per heavy atom. The number of para-hydroxylation sites is 1. The third kappa shape index (κ3) is 5.99. The van der Waals surface area contributed by atoms with Gasteiger partial charge in [-0.05, 0) is 55.5 Å². The van der Waals surface area contributed by atoms with Crippen LogP contribution in [0.4, 0.5) is 17.1 Å². The molecular formula is C31H28N4O7. The van der Waals surface area contributed by atoms with E-state index in [9.17, 15) is 24.5 Å². The van der Waals surface area contributed by atoms with E-state index in [0.717, 1.165) is 0 Å². The molecular weight excluding hydrogens is 540 g/mol. The number of anilines is 2. The van der Waals surface area contributed by atoms with E-state index < -0.39 is 16.8 Å². The average molecular weight is 569 g/mol. The van der Waals surface area contributed by atoms with Crippen LogP contribution in [0.25, 0.3) is 11.3 Å². The molecule has 11 heteroatoms. The average Bonchev–Trinajstić information content (AvgIpc) is 3.52. The molecule has 0 aliphatic carbocycles. The van der Waals surface area contributed by atoms with Gasteiger partial charge in [-0.25, -0.2) is 4.79 Å². The van der Waals surface area contributed by atoms with Crippen LogP contribution in [-0.2, 0) is 4.74 Å². The zero-order valence-electron chi connectivity index (χ0n) is 22.8. The second-order valence-electron chi connectivity index (χ2n) is 9.49. The molecule has 214 valence electrons. The van der Waals surface area contributed by atoms with E-state index in [1.54, 1.807) is 60.4 Å². The standard InChI is InChI=1S/C31H28N4O7/c1-2-41-31(38)22-12-13-26(33-16-18-34(19-17-33)30(37)21-8-4-3-5-9-21)24(20-22)32-29(36)28-15-14-27(42-28)23-10-6-7-11-25(23)35(39)40/h3-15,20H,2,16-19H2,1H3,(H,32,36). The molecule has 0 bridgehead atoms. The molecule has 11 nitrogen and oxygen atoms in total. The molecule has 42 heavy (non-hydrogen) atoms. The lowest BCUT2D eigenvalue weighted by Crippen LogP contribution is -2.49.